The van der Waals surface area contributed by atoms with Crippen LogP contribution >= 0.6 is 0 Å². The van der Waals surface area contributed by atoms with Crippen molar-refractivity contribution < 1.29 is 4.79 Å². The SMILES string of the molecule is O=C(c1ccc2[nH]ccc2c1)N1CCC[C@H]2CCCC[C@@H]21. The van der Waals surface area contributed by atoms with Gasteiger partial charge in [-0.3, -0.25) is 4.79 Å². The maximum absolute atomic E-state index is 12.9. The summed E-state index contributed by atoms with van der Waals surface area (Å²) in [7, 11) is 0. The van der Waals surface area contributed by atoms with Crippen LogP contribution in [-0.4, -0.2) is 28.4 Å². The third-order valence-corrected chi connectivity index (χ3v) is 5.30. The van der Waals surface area contributed by atoms with Crippen LogP contribution in [0.4, 0.5) is 0 Å². The first-order valence-electron chi connectivity index (χ1n) is 8.21. The highest BCUT2D eigenvalue weighted by atomic mass is 16.2. The molecule has 0 unspecified atom stereocenters. The number of aromatic nitrogens is 1. The van der Waals surface area contributed by atoms with Gasteiger partial charge in [-0.25, -0.2) is 0 Å². The zero-order valence-corrected chi connectivity index (χ0v) is 12.3. The van der Waals surface area contributed by atoms with Gasteiger partial charge in [0, 0.05) is 35.2 Å². The molecule has 1 aliphatic carbocycles. The van der Waals surface area contributed by atoms with Gasteiger partial charge in [-0.1, -0.05) is 12.8 Å². The normalized spacial score (nSPS) is 25.8. The number of carbonyl (C=O) groups is 1. The highest BCUT2D eigenvalue weighted by Crippen LogP contribution is 2.36. The molecule has 1 saturated heterocycles. The molecular formula is C18H22N2O. The lowest BCUT2D eigenvalue weighted by atomic mass is 9.78. The fourth-order valence-corrected chi connectivity index (χ4v) is 4.23. The van der Waals surface area contributed by atoms with Crippen LogP contribution < -0.4 is 0 Å². The Morgan fingerprint density at radius 3 is 2.90 bits per heavy atom. The molecule has 3 heteroatoms. The van der Waals surface area contributed by atoms with Crippen molar-refractivity contribution in [2.24, 2.45) is 5.92 Å². The monoisotopic (exact) mass is 282 g/mol. The first kappa shape index (κ1) is 12.9. The van der Waals surface area contributed by atoms with Crippen LogP contribution in [0.3, 0.4) is 0 Å². The Morgan fingerprint density at radius 1 is 1.10 bits per heavy atom. The topological polar surface area (TPSA) is 36.1 Å². The number of H-pyrrole nitrogens is 1. The van der Waals surface area contributed by atoms with E-state index in [9.17, 15) is 4.79 Å². The quantitative estimate of drug-likeness (QED) is 0.844. The maximum atomic E-state index is 12.9. The fraction of sp³-hybridized carbons (Fsp3) is 0.500. The van der Waals surface area contributed by atoms with E-state index in [1.165, 1.54) is 38.5 Å². The second-order valence-corrected chi connectivity index (χ2v) is 6.53. The molecule has 2 atom stereocenters. The third-order valence-electron chi connectivity index (χ3n) is 5.30. The maximum Gasteiger partial charge on any atom is 0.254 e. The molecule has 2 aromatic rings. The number of hydrogen-bond acceptors (Lipinski definition) is 1. The van der Waals surface area contributed by atoms with E-state index < -0.39 is 0 Å². The zero-order valence-electron chi connectivity index (χ0n) is 12.3. The van der Waals surface area contributed by atoms with Gasteiger partial charge < -0.3 is 9.88 Å². The summed E-state index contributed by atoms with van der Waals surface area (Å²) in [6, 6.07) is 8.53. The average molecular weight is 282 g/mol. The van der Waals surface area contributed by atoms with Crippen LogP contribution in [0, 0.1) is 5.92 Å². The molecule has 1 aromatic heterocycles. The van der Waals surface area contributed by atoms with Gasteiger partial charge >= 0.3 is 0 Å². The molecule has 21 heavy (non-hydrogen) atoms. The number of aromatic amines is 1. The highest BCUT2D eigenvalue weighted by Gasteiger charge is 2.35. The molecule has 110 valence electrons. The Morgan fingerprint density at radius 2 is 1.95 bits per heavy atom. The molecule has 1 N–H and O–H groups in total. The number of carbonyl (C=O) groups excluding carboxylic acids is 1. The molecule has 0 spiro atoms. The van der Waals surface area contributed by atoms with Gasteiger partial charge in [0.2, 0.25) is 0 Å². The van der Waals surface area contributed by atoms with E-state index >= 15 is 0 Å². The molecule has 1 aliphatic heterocycles. The van der Waals surface area contributed by atoms with Gasteiger partial charge in [0.25, 0.3) is 5.91 Å². The van der Waals surface area contributed by atoms with Gasteiger partial charge in [-0.15, -0.1) is 0 Å². The Balaban J connectivity index is 1.63. The summed E-state index contributed by atoms with van der Waals surface area (Å²) in [4.78, 5) is 18.3. The number of hydrogen-bond donors (Lipinski definition) is 1. The molecule has 1 amide bonds. The van der Waals surface area contributed by atoms with Crippen molar-refractivity contribution in [1.29, 1.82) is 0 Å². The van der Waals surface area contributed by atoms with E-state index in [-0.39, 0.29) is 5.91 Å². The lowest BCUT2D eigenvalue weighted by Crippen LogP contribution is -2.49. The van der Waals surface area contributed by atoms with Gasteiger partial charge in [-0.05, 0) is 55.9 Å². The van der Waals surface area contributed by atoms with Crippen LogP contribution in [0.5, 0.6) is 0 Å². The molecular weight excluding hydrogens is 260 g/mol. The van der Waals surface area contributed by atoms with Crippen molar-refractivity contribution in [3.8, 4) is 0 Å². The molecule has 2 aliphatic rings. The number of benzene rings is 1. The number of amides is 1. The van der Waals surface area contributed by atoms with Crippen LogP contribution in [0.25, 0.3) is 10.9 Å². The van der Waals surface area contributed by atoms with Crippen molar-refractivity contribution in [1.82, 2.24) is 9.88 Å². The van der Waals surface area contributed by atoms with E-state index in [0.29, 0.717) is 6.04 Å². The number of nitrogens with one attached hydrogen (secondary N) is 1. The average Bonchev–Trinajstić information content (AvgIpc) is 3.01. The molecule has 1 saturated carbocycles. The summed E-state index contributed by atoms with van der Waals surface area (Å²) in [6.07, 6.45) is 9.54. The van der Waals surface area contributed by atoms with E-state index in [2.05, 4.69) is 9.88 Å². The minimum atomic E-state index is 0.231. The number of piperidine rings is 1. The minimum Gasteiger partial charge on any atom is -0.361 e. The molecule has 4 rings (SSSR count). The summed E-state index contributed by atoms with van der Waals surface area (Å²) >= 11 is 0. The second-order valence-electron chi connectivity index (χ2n) is 6.53. The second kappa shape index (κ2) is 5.21. The van der Waals surface area contributed by atoms with Crippen molar-refractivity contribution >= 4 is 16.8 Å². The van der Waals surface area contributed by atoms with Gasteiger partial charge in [-0.2, -0.15) is 0 Å². The summed E-state index contributed by atoms with van der Waals surface area (Å²) < 4.78 is 0. The molecule has 0 bridgehead atoms. The lowest BCUT2D eigenvalue weighted by molar-refractivity contribution is 0.0391. The number of likely N-dealkylation sites (tertiary alicyclic amines) is 1. The van der Waals surface area contributed by atoms with Gasteiger partial charge in [0.15, 0.2) is 0 Å². The summed E-state index contributed by atoms with van der Waals surface area (Å²) in [5.74, 6) is 0.974. The largest absolute Gasteiger partial charge is 0.361 e. The summed E-state index contributed by atoms with van der Waals surface area (Å²) in [5.41, 5.74) is 1.94. The first-order valence-corrected chi connectivity index (χ1v) is 8.21. The smallest absolute Gasteiger partial charge is 0.254 e. The highest BCUT2D eigenvalue weighted by molar-refractivity contribution is 5.98. The number of fused-ring (bicyclic) bond motifs is 2. The molecule has 2 heterocycles. The summed E-state index contributed by atoms with van der Waals surface area (Å²) in [6.45, 7) is 0.936. The predicted octanol–water partition coefficient (Wildman–Crippen LogP) is 3.96. The molecule has 2 fully saturated rings. The molecule has 0 radical (unpaired) electrons. The van der Waals surface area contributed by atoms with Crippen molar-refractivity contribution in [2.75, 3.05) is 6.54 Å². The van der Waals surface area contributed by atoms with Crippen LogP contribution in [0.1, 0.15) is 48.9 Å². The van der Waals surface area contributed by atoms with Crippen molar-refractivity contribution in [2.45, 2.75) is 44.6 Å². The van der Waals surface area contributed by atoms with E-state index in [1.54, 1.807) is 0 Å². The Kier molecular flexibility index (Phi) is 3.21. The van der Waals surface area contributed by atoms with Gasteiger partial charge in [0.05, 0.1) is 0 Å². The Hall–Kier alpha value is -1.77. The predicted molar refractivity (Wildman–Crippen MR) is 84.3 cm³/mol. The Labute approximate surface area is 125 Å². The van der Waals surface area contributed by atoms with Crippen LogP contribution in [-0.2, 0) is 0 Å². The molecule has 3 nitrogen and oxygen atoms in total. The Bertz CT molecular complexity index is 658. The number of rotatable bonds is 1. The van der Waals surface area contributed by atoms with Crippen molar-refractivity contribution in [3.63, 3.8) is 0 Å². The summed E-state index contributed by atoms with van der Waals surface area (Å²) in [5, 5.41) is 1.12. The standard InChI is InChI=1S/C18H22N2O/c21-18(15-7-8-16-14(12-15)9-10-19-16)20-11-3-5-13-4-1-2-6-17(13)20/h7-10,12-13,17,19H,1-6,11H2/t13-,17+/m1/s1. The first-order chi connectivity index (χ1) is 10.3. The van der Waals surface area contributed by atoms with E-state index in [4.69, 9.17) is 0 Å². The van der Waals surface area contributed by atoms with Crippen molar-refractivity contribution in [3.05, 3.63) is 36.0 Å². The van der Waals surface area contributed by atoms with Gasteiger partial charge in [0.1, 0.15) is 0 Å². The van der Waals surface area contributed by atoms with Crippen LogP contribution in [0.15, 0.2) is 30.5 Å². The third kappa shape index (κ3) is 2.25. The fourth-order valence-electron chi connectivity index (χ4n) is 4.23. The minimum absolute atomic E-state index is 0.231. The van der Waals surface area contributed by atoms with Crippen LogP contribution in [0.2, 0.25) is 0 Å². The molecule has 1 aromatic carbocycles. The van der Waals surface area contributed by atoms with E-state index in [1.807, 2.05) is 30.5 Å². The van der Waals surface area contributed by atoms with E-state index in [0.717, 1.165) is 28.9 Å². The lowest BCUT2D eigenvalue weighted by Gasteiger charge is -2.44. The zero-order chi connectivity index (χ0) is 14.2. The number of nitrogens with zero attached hydrogens (tertiary/aromatic N) is 1.